The van der Waals surface area contributed by atoms with Gasteiger partial charge < -0.3 is 14.8 Å². The van der Waals surface area contributed by atoms with Crippen LogP contribution in [0.1, 0.15) is 31.8 Å². The molecule has 0 saturated carbocycles. The van der Waals surface area contributed by atoms with Gasteiger partial charge >= 0.3 is 0 Å². The molecule has 1 N–H and O–H groups in total. The molecule has 0 unspecified atom stereocenters. The summed E-state index contributed by atoms with van der Waals surface area (Å²) in [6.45, 7) is 5.76. The molecule has 182 valence electrons. The highest BCUT2D eigenvalue weighted by Gasteiger charge is 2.28. The Bertz CT molecular complexity index is 1460. The van der Waals surface area contributed by atoms with E-state index in [-0.39, 0.29) is 17.4 Å². The minimum atomic E-state index is -0.252. The van der Waals surface area contributed by atoms with Gasteiger partial charge in [-0.3, -0.25) is 14.4 Å². The Labute approximate surface area is 208 Å². The standard InChI is InChI=1S/C28H27N5O3/c1-19-8-9-21(16-20(19)2)26-24(18-33(30-26)23-6-4-3-5-7-23)28(36)32-14-12-31(13-15-32)27(35)22-10-11-25(34)29-17-22/h3-11,16-18H,12-15H2,1-2H3,(H,29,34). The number of carbonyl (C=O) groups excluding carboxylic acids is 2. The molecule has 1 saturated heterocycles. The molecule has 1 aliphatic rings. The number of hydrogen-bond donors (Lipinski definition) is 1. The first-order valence-corrected chi connectivity index (χ1v) is 11.9. The summed E-state index contributed by atoms with van der Waals surface area (Å²) in [4.78, 5) is 43.8. The molecule has 4 aromatic rings. The van der Waals surface area contributed by atoms with Crippen LogP contribution in [0.25, 0.3) is 16.9 Å². The van der Waals surface area contributed by atoms with Gasteiger partial charge in [0.25, 0.3) is 11.8 Å². The molecule has 8 heteroatoms. The molecule has 0 bridgehead atoms. The van der Waals surface area contributed by atoms with Crippen molar-refractivity contribution in [2.24, 2.45) is 0 Å². The summed E-state index contributed by atoms with van der Waals surface area (Å²) in [5, 5.41) is 4.80. The number of benzene rings is 2. The van der Waals surface area contributed by atoms with Gasteiger partial charge in [-0.1, -0.05) is 30.3 Å². The van der Waals surface area contributed by atoms with Crippen LogP contribution in [-0.2, 0) is 0 Å². The Hall–Kier alpha value is -4.46. The van der Waals surface area contributed by atoms with Crippen LogP contribution in [0.15, 0.2) is 77.9 Å². The number of nitrogens with zero attached hydrogens (tertiary/aromatic N) is 4. The van der Waals surface area contributed by atoms with E-state index < -0.39 is 0 Å². The molecule has 0 atom stereocenters. The van der Waals surface area contributed by atoms with E-state index in [0.717, 1.165) is 16.8 Å². The number of aryl methyl sites for hydroxylation is 2. The highest BCUT2D eigenvalue weighted by atomic mass is 16.2. The van der Waals surface area contributed by atoms with Gasteiger partial charge in [0.2, 0.25) is 5.56 Å². The molecule has 36 heavy (non-hydrogen) atoms. The minimum Gasteiger partial charge on any atom is -0.335 e. The van der Waals surface area contributed by atoms with Gasteiger partial charge in [-0.15, -0.1) is 0 Å². The maximum absolute atomic E-state index is 13.7. The van der Waals surface area contributed by atoms with Crippen LogP contribution >= 0.6 is 0 Å². The van der Waals surface area contributed by atoms with Crippen LogP contribution in [0.2, 0.25) is 0 Å². The average molecular weight is 482 g/mol. The highest BCUT2D eigenvalue weighted by molar-refractivity contribution is 6.00. The fourth-order valence-electron chi connectivity index (χ4n) is 4.35. The second kappa shape index (κ2) is 9.65. The Morgan fingerprint density at radius 2 is 1.53 bits per heavy atom. The van der Waals surface area contributed by atoms with E-state index in [1.807, 2.05) is 49.4 Å². The van der Waals surface area contributed by atoms with Crippen molar-refractivity contribution in [3.8, 4) is 16.9 Å². The Balaban J connectivity index is 1.40. The summed E-state index contributed by atoms with van der Waals surface area (Å²) in [6.07, 6.45) is 3.22. The average Bonchev–Trinajstić information content (AvgIpc) is 3.36. The Morgan fingerprint density at radius 3 is 2.17 bits per heavy atom. The second-order valence-corrected chi connectivity index (χ2v) is 9.00. The lowest BCUT2D eigenvalue weighted by molar-refractivity contribution is 0.0535. The Morgan fingerprint density at radius 1 is 0.833 bits per heavy atom. The predicted octanol–water partition coefficient (Wildman–Crippen LogP) is 3.44. The fourth-order valence-corrected chi connectivity index (χ4v) is 4.35. The van der Waals surface area contributed by atoms with E-state index >= 15 is 0 Å². The topological polar surface area (TPSA) is 91.3 Å². The number of aromatic nitrogens is 3. The van der Waals surface area contributed by atoms with E-state index in [2.05, 4.69) is 18.0 Å². The molecule has 1 fully saturated rings. The van der Waals surface area contributed by atoms with Crippen molar-refractivity contribution in [2.45, 2.75) is 13.8 Å². The monoisotopic (exact) mass is 481 g/mol. The lowest BCUT2D eigenvalue weighted by Crippen LogP contribution is -2.50. The van der Waals surface area contributed by atoms with Gasteiger partial charge in [-0.2, -0.15) is 5.10 Å². The number of carbonyl (C=O) groups is 2. The van der Waals surface area contributed by atoms with Crippen molar-refractivity contribution in [1.29, 1.82) is 0 Å². The van der Waals surface area contributed by atoms with Gasteiger partial charge in [0.1, 0.15) is 5.69 Å². The van der Waals surface area contributed by atoms with Crippen molar-refractivity contribution >= 4 is 11.8 Å². The van der Waals surface area contributed by atoms with E-state index in [4.69, 9.17) is 5.10 Å². The van der Waals surface area contributed by atoms with E-state index in [9.17, 15) is 14.4 Å². The van der Waals surface area contributed by atoms with E-state index in [1.54, 1.807) is 20.7 Å². The van der Waals surface area contributed by atoms with Gasteiger partial charge in [0.15, 0.2) is 0 Å². The largest absolute Gasteiger partial charge is 0.335 e. The molecule has 2 aromatic carbocycles. The van der Waals surface area contributed by atoms with Crippen LogP contribution in [0.4, 0.5) is 0 Å². The van der Waals surface area contributed by atoms with Crippen molar-refractivity contribution in [3.05, 3.63) is 106 Å². The minimum absolute atomic E-state index is 0.110. The zero-order valence-electron chi connectivity index (χ0n) is 20.3. The summed E-state index contributed by atoms with van der Waals surface area (Å²) in [6, 6.07) is 18.7. The van der Waals surface area contributed by atoms with Gasteiger partial charge in [-0.25, -0.2) is 4.68 Å². The molecular formula is C28H27N5O3. The molecule has 1 aliphatic heterocycles. The maximum atomic E-state index is 13.7. The third-order valence-corrected chi connectivity index (χ3v) is 6.63. The summed E-state index contributed by atoms with van der Waals surface area (Å²) in [7, 11) is 0. The predicted molar refractivity (Wildman–Crippen MR) is 137 cm³/mol. The van der Waals surface area contributed by atoms with Gasteiger partial charge in [0, 0.05) is 50.2 Å². The number of aromatic amines is 1. The van der Waals surface area contributed by atoms with Crippen LogP contribution < -0.4 is 5.56 Å². The van der Waals surface area contributed by atoms with Crippen LogP contribution in [0.3, 0.4) is 0 Å². The summed E-state index contributed by atoms with van der Waals surface area (Å²) in [5.74, 6) is -0.271. The number of pyridine rings is 1. The molecule has 3 heterocycles. The first-order valence-electron chi connectivity index (χ1n) is 11.9. The molecule has 0 radical (unpaired) electrons. The molecule has 2 aromatic heterocycles. The van der Waals surface area contributed by atoms with Crippen molar-refractivity contribution in [3.63, 3.8) is 0 Å². The molecule has 0 spiro atoms. The van der Waals surface area contributed by atoms with E-state index in [0.29, 0.717) is 43.0 Å². The number of H-pyrrole nitrogens is 1. The number of amides is 2. The normalized spacial score (nSPS) is 13.6. The quantitative estimate of drug-likeness (QED) is 0.483. The molecular weight excluding hydrogens is 454 g/mol. The van der Waals surface area contributed by atoms with Crippen LogP contribution in [-0.4, -0.2) is 62.6 Å². The Kier molecular flexibility index (Phi) is 6.25. The van der Waals surface area contributed by atoms with Crippen LogP contribution in [0.5, 0.6) is 0 Å². The first kappa shape index (κ1) is 23.3. The zero-order chi connectivity index (χ0) is 25.2. The lowest BCUT2D eigenvalue weighted by Gasteiger charge is -2.34. The lowest BCUT2D eigenvalue weighted by atomic mass is 10.0. The number of hydrogen-bond acceptors (Lipinski definition) is 4. The number of nitrogens with one attached hydrogen (secondary N) is 1. The number of para-hydroxylation sites is 1. The maximum Gasteiger partial charge on any atom is 0.257 e. The molecule has 5 rings (SSSR count). The van der Waals surface area contributed by atoms with Gasteiger partial charge in [0.05, 0.1) is 16.8 Å². The second-order valence-electron chi connectivity index (χ2n) is 9.00. The van der Waals surface area contributed by atoms with Crippen molar-refractivity contribution in [2.75, 3.05) is 26.2 Å². The summed E-state index contributed by atoms with van der Waals surface area (Å²) in [5.41, 5.74) is 5.42. The number of rotatable bonds is 4. The molecule has 0 aliphatic carbocycles. The van der Waals surface area contributed by atoms with Gasteiger partial charge in [-0.05, 0) is 49.2 Å². The summed E-state index contributed by atoms with van der Waals surface area (Å²) >= 11 is 0. The SMILES string of the molecule is Cc1ccc(-c2nn(-c3ccccc3)cc2C(=O)N2CCN(C(=O)c3ccc(=O)[nH]c3)CC2)cc1C. The molecule has 8 nitrogen and oxygen atoms in total. The van der Waals surface area contributed by atoms with E-state index in [1.165, 1.54) is 23.9 Å². The highest BCUT2D eigenvalue weighted by Crippen LogP contribution is 2.27. The van der Waals surface area contributed by atoms with Crippen molar-refractivity contribution in [1.82, 2.24) is 24.6 Å². The molecule has 2 amide bonds. The first-order chi connectivity index (χ1) is 17.4. The number of piperazine rings is 1. The summed E-state index contributed by atoms with van der Waals surface area (Å²) < 4.78 is 1.74. The third kappa shape index (κ3) is 4.57. The fraction of sp³-hybridized carbons (Fsp3) is 0.214. The third-order valence-electron chi connectivity index (χ3n) is 6.63. The van der Waals surface area contributed by atoms with Crippen LogP contribution in [0, 0.1) is 13.8 Å². The van der Waals surface area contributed by atoms with Crippen molar-refractivity contribution < 1.29 is 9.59 Å². The smallest absolute Gasteiger partial charge is 0.257 e. The zero-order valence-corrected chi connectivity index (χ0v) is 20.3.